The first kappa shape index (κ1) is 21.1. The molecule has 1 aromatic rings. The number of carbonyl (C=O) groups excluding carboxylic acids is 1. The summed E-state index contributed by atoms with van der Waals surface area (Å²) in [6.07, 6.45) is 8.77. The van der Waals surface area contributed by atoms with Crippen LogP contribution in [0.1, 0.15) is 65.2 Å². The fourth-order valence-corrected chi connectivity index (χ4v) is 4.49. The molecule has 1 aromatic carbocycles. The summed E-state index contributed by atoms with van der Waals surface area (Å²) in [5.41, 5.74) is 0.153. The van der Waals surface area contributed by atoms with Gasteiger partial charge in [0.15, 0.2) is 0 Å². The van der Waals surface area contributed by atoms with Crippen LogP contribution in [0.25, 0.3) is 0 Å². The fourth-order valence-electron chi connectivity index (χ4n) is 4.49. The van der Waals surface area contributed by atoms with E-state index in [-0.39, 0.29) is 5.91 Å². The first-order chi connectivity index (χ1) is 13.6. The number of nitrogens with zero attached hydrogens (tertiary/aromatic N) is 1. The molecule has 2 fully saturated rings. The Balaban J connectivity index is 1.42. The zero-order valence-corrected chi connectivity index (χ0v) is 17.5. The molecule has 1 aliphatic heterocycles. The van der Waals surface area contributed by atoms with Crippen molar-refractivity contribution in [2.75, 3.05) is 31.6 Å². The molecule has 2 aliphatic rings. The summed E-state index contributed by atoms with van der Waals surface area (Å²) in [5.74, 6) is 0.834. The summed E-state index contributed by atoms with van der Waals surface area (Å²) in [5, 5.41) is 3.03. The first-order valence-electron chi connectivity index (χ1n) is 11.1. The molecule has 5 nitrogen and oxygen atoms in total. The molecule has 28 heavy (non-hydrogen) atoms. The predicted octanol–water partition coefficient (Wildman–Crippen LogP) is 4.62. The predicted molar refractivity (Wildman–Crippen MR) is 113 cm³/mol. The van der Waals surface area contributed by atoms with E-state index in [2.05, 4.69) is 17.1 Å². The highest BCUT2D eigenvalue weighted by Gasteiger charge is 2.41. The molecule has 1 N–H and O–H groups in total. The average Bonchev–Trinajstić information content (AvgIpc) is 3.18. The van der Waals surface area contributed by atoms with Gasteiger partial charge in [-0.1, -0.05) is 6.42 Å². The monoisotopic (exact) mass is 388 g/mol. The van der Waals surface area contributed by atoms with Crippen molar-refractivity contribution in [1.29, 1.82) is 0 Å². The Morgan fingerprint density at radius 2 is 1.93 bits per heavy atom. The number of benzene rings is 1. The molecule has 5 heteroatoms. The maximum atomic E-state index is 12.7. The summed E-state index contributed by atoms with van der Waals surface area (Å²) in [4.78, 5) is 15.3. The Bertz CT molecular complexity index is 611. The molecule has 1 saturated carbocycles. The van der Waals surface area contributed by atoms with Crippen molar-refractivity contribution >= 4 is 11.6 Å². The second kappa shape index (κ2) is 10.3. The summed E-state index contributed by atoms with van der Waals surface area (Å²) in [6, 6.07) is 8.39. The quantitative estimate of drug-likeness (QED) is 0.627. The molecule has 1 saturated heterocycles. The van der Waals surface area contributed by atoms with Gasteiger partial charge in [0.1, 0.15) is 11.4 Å². The van der Waals surface area contributed by atoms with Crippen LogP contribution in [-0.4, -0.2) is 48.8 Å². The zero-order valence-electron chi connectivity index (χ0n) is 17.5. The molecule has 0 aromatic heterocycles. The molecule has 0 bridgehead atoms. The van der Waals surface area contributed by atoms with E-state index in [1.54, 1.807) is 0 Å². The van der Waals surface area contributed by atoms with Crippen LogP contribution in [0.2, 0.25) is 0 Å². The Hall–Kier alpha value is -1.59. The van der Waals surface area contributed by atoms with Crippen LogP contribution < -0.4 is 10.1 Å². The molecule has 3 rings (SSSR count). The Kier molecular flexibility index (Phi) is 7.74. The number of anilines is 1. The molecule has 156 valence electrons. The summed E-state index contributed by atoms with van der Waals surface area (Å²) < 4.78 is 11.7. The Morgan fingerprint density at radius 1 is 1.18 bits per heavy atom. The smallest absolute Gasteiger partial charge is 0.256 e. The van der Waals surface area contributed by atoms with Crippen molar-refractivity contribution in [3.05, 3.63) is 24.3 Å². The lowest BCUT2D eigenvalue weighted by Gasteiger charge is -2.33. The van der Waals surface area contributed by atoms with Crippen LogP contribution >= 0.6 is 0 Å². The third-order valence-electron chi connectivity index (χ3n) is 6.16. The lowest BCUT2D eigenvalue weighted by molar-refractivity contribution is -0.140. The largest absolute Gasteiger partial charge is 0.494 e. The molecular formula is C23H36N2O3. The molecule has 0 spiro atoms. The zero-order chi connectivity index (χ0) is 19.8. The summed E-state index contributed by atoms with van der Waals surface area (Å²) >= 11 is 0. The highest BCUT2D eigenvalue weighted by Crippen LogP contribution is 2.34. The molecule has 1 heterocycles. The van der Waals surface area contributed by atoms with Crippen LogP contribution in [0.3, 0.4) is 0 Å². The van der Waals surface area contributed by atoms with E-state index < -0.39 is 5.60 Å². The van der Waals surface area contributed by atoms with Gasteiger partial charge in [0.2, 0.25) is 0 Å². The van der Waals surface area contributed by atoms with E-state index in [1.807, 2.05) is 31.2 Å². The number of rotatable bonds is 9. The number of ether oxygens (including phenoxy) is 2. The standard InChI is InChI=1S/C23H36N2O3/c1-3-28-23(14-5-6-15-23)22(26)24-20-10-12-21(13-11-20)27-18-8-17-25-16-7-4-9-19(25)2/h10-13,19H,3-9,14-18H2,1-2H3,(H,24,26)/t19-/m0/s1. The number of likely N-dealkylation sites (tertiary alicyclic amines) is 1. The minimum atomic E-state index is -0.643. The molecule has 0 radical (unpaired) electrons. The normalized spacial score (nSPS) is 22.1. The molecule has 1 amide bonds. The van der Waals surface area contributed by atoms with Crippen LogP contribution in [0, 0.1) is 0 Å². The van der Waals surface area contributed by atoms with Crippen LogP contribution in [0.5, 0.6) is 5.75 Å². The second-order valence-corrected chi connectivity index (χ2v) is 8.20. The Morgan fingerprint density at radius 3 is 2.61 bits per heavy atom. The van der Waals surface area contributed by atoms with Gasteiger partial charge in [-0.05, 0) is 89.6 Å². The fraction of sp³-hybridized carbons (Fsp3) is 0.696. The van der Waals surface area contributed by atoms with Gasteiger partial charge in [-0.25, -0.2) is 0 Å². The number of amides is 1. The van der Waals surface area contributed by atoms with Crippen molar-refractivity contribution in [1.82, 2.24) is 4.90 Å². The number of carbonyl (C=O) groups is 1. The molecule has 1 aliphatic carbocycles. The van der Waals surface area contributed by atoms with Crippen molar-refractivity contribution in [3.8, 4) is 5.75 Å². The van der Waals surface area contributed by atoms with Gasteiger partial charge in [0.05, 0.1) is 6.61 Å². The summed E-state index contributed by atoms with van der Waals surface area (Å²) in [7, 11) is 0. The molecule has 1 atom stereocenters. The van der Waals surface area contributed by atoms with Crippen molar-refractivity contribution in [2.45, 2.75) is 76.9 Å². The molecule has 0 unspecified atom stereocenters. The van der Waals surface area contributed by atoms with Gasteiger partial charge in [-0.15, -0.1) is 0 Å². The number of hydrogen-bond donors (Lipinski definition) is 1. The highest BCUT2D eigenvalue weighted by molar-refractivity contribution is 5.97. The highest BCUT2D eigenvalue weighted by atomic mass is 16.5. The van der Waals surface area contributed by atoms with Crippen molar-refractivity contribution in [2.24, 2.45) is 0 Å². The first-order valence-corrected chi connectivity index (χ1v) is 11.1. The van der Waals surface area contributed by atoms with Crippen LogP contribution in [0.4, 0.5) is 5.69 Å². The Labute approximate surface area is 169 Å². The van der Waals surface area contributed by atoms with Gasteiger partial charge in [-0.3, -0.25) is 4.79 Å². The van der Waals surface area contributed by atoms with Gasteiger partial charge >= 0.3 is 0 Å². The SMILES string of the molecule is CCOC1(C(=O)Nc2ccc(OCCCN3CCCC[C@@H]3C)cc2)CCCC1. The maximum absolute atomic E-state index is 12.7. The molecular weight excluding hydrogens is 352 g/mol. The topological polar surface area (TPSA) is 50.8 Å². The van der Waals surface area contributed by atoms with E-state index in [1.165, 1.54) is 25.8 Å². The minimum absolute atomic E-state index is 0.0174. The second-order valence-electron chi connectivity index (χ2n) is 8.20. The minimum Gasteiger partial charge on any atom is -0.494 e. The van der Waals surface area contributed by atoms with E-state index >= 15 is 0 Å². The third kappa shape index (κ3) is 5.48. The lowest BCUT2D eigenvalue weighted by atomic mass is 10.0. The summed E-state index contributed by atoms with van der Waals surface area (Å²) in [6.45, 7) is 7.89. The van der Waals surface area contributed by atoms with Gasteiger partial charge in [0, 0.05) is 24.9 Å². The van der Waals surface area contributed by atoms with Crippen LogP contribution in [-0.2, 0) is 9.53 Å². The van der Waals surface area contributed by atoms with Crippen molar-refractivity contribution in [3.63, 3.8) is 0 Å². The van der Waals surface area contributed by atoms with Crippen molar-refractivity contribution < 1.29 is 14.3 Å². The van der Waals surface area contributed by atoms with E-state index in [9.17, 15) is 4.79 Å². The van der Waals surface area contributed by atoms with Gasteiger partial charge < -0.3 is 19.7 Å². The van der Waals surface area contributed by atoms with E-state index in [0.717, 1.165) is 56.7 Å². The van der Waals surface area contributed by atoms with E-state index in [4.69, 9.17) is 9.47 Å². The number of piperidine rings is 1. The lowest BCUT2D eigenvalue weighted by Crippen LogP contribution is -2.43. The van der Waals surface area contributed by atoms with Gasteiger partial charge in [0.25, 0.3) is 5.91 Å². The van der Waals surface area contributed by atoms with E-state index in [0.29, 0.717) is 12.6 Å². The van der Waals surface area contributed by atoms with Crippen LogP contribution in [0.15, 0.2) is 24.3 Å². The maximum Gasteiger partial charge on any atom is 0.256 e. The number of hydrogen-bond acceptors (Lipinski definition) is 4. The average molecular weight is 389 g/mol. The number of nitrogens with one attached hydrogen (secondary N) is 1. The third-order valence-corrected chi connectivity index (χ3v) is 6.16. The van der Waals surface area contributed by atoms with Gasteiger partial charge in [-0.2, -0.15) is 0 Å².